The molecular formula is C13H11BrN2OS2. The number of carbonyl (C=O) groups excluding carboxylic acids is 1. The minimum atomic E-state index is 0.116. The Morgan fingerprint density at radius 3 is 2.95 bits per heavy atom. The van der Waals surface area contributed by atoms with Crippen molar-refractivity contribution in [2.45, 2.75) is 11.9 Å². The monoisotopic (exact) mass is 354 g/mol. The first kappa shape index (κ1) is 13.1. The summed E-state index contributed by atoms with van der Waals surface area (Å²) in [6, 6.07) is 9.90. The van der Waals surface area contributed by atoms with E-state index in [9.17, 15) is 4.79 Å². The minimum Gasteiger partial charge on any atom is -0.319 e. The standard InChI is InChI=1S/C13H11BrN2OS2/c14-11-5-4-10(19-11)13-16(12(17)8-18-13)7-9-3-1-2-6-15-9/h1-6,13H,7-8H2. The van der Waals surface area contributed by atoms with E-state index in [1.807, 2.05) is 29.2 Å². The first-order chi connectivity index (χ1) is 9.24. The van der Waals surface area contributed by atoms with Gasteiger partial charge in [0.15, 0.2) is 0 Å². The zero-order valence-electron chi connectivity index (χ0n) is 9.95. The fourth-order valence-corrected chi connectivity index (χ4v) is 4.84. The Morgan fingerprint density at radius 2 is 2.26 bits per heavy atom. The van der Waals surface area contributed by atoms with Gasteiger partial charge in [0.05, 0.1) is 21.8 Å². The summed E-state index contributed by atoms with van der Waals surface area (Å²) in [5, 5.41) is 0.116. The fourth-order valence-electron chi connectivity index (χ4n) is 1.99. The maximum Gasteiger partial charge on any atom is 0.234 e. The van der Waals surface area contributed by atoms with Gasteiger partial charge in [-0.15, -0.1) is 23.1 Å². The lowest BCUT2D eigenvalue weighted by atomic mass is 10.3. The van der Waals surface area contributed by atoms with E-state index in [1.165, 1.54) is 4.88 Å². The van der Waals surface area contributed by atoms with E-state index in [4.69, 9.17) is 0 Å². The molecule has 0 saturated carbocycles. The lowest BCUT2D eigenvalue weighted by molar-refractivity contribution is -0.128. The van der Waals surface area contributed by atoms with Gasteiger partial charge in [-0.1, -0.05) is 6.07 Å². The predicted octanol–water partition coefficient (Wildman–Crippen LogP) is 3.68. The zero-order valence-corrected chi connectivity index (χ0v) is 13.2. The van der Waals surface area contributed by atoms with Crippen LogP contribution in [0.25, 0.3) is 0 Å². The summed E-state index contributed by atoms with van der Waals surface area (Å²) in [5.41, 5.74) is 0.930. The van der Waals surface area contributed by atoms with E-state index < -0.39 is 0 Å². The SMILES string of the molecule is O=C1CSC(c2ccc(Br)s2)N1Cc1ccccn1. The topological polar surface area (TPSA) is 33.2 Å². The molecule has 19 heavy (non-hydrogen) atoms. The van der Waals surface area contributed by atoms with E-state index in [0.29, 0.717) is 12.3 Å². The highest BCUT2D eigenvalue weighted by Crippen LogP contribution is 2.43. The number of pyridine rings is 1. The fraction of sp³-hybridized carbons (Fsp3) is 0.231. The first-order valence-electron chi connectivity index (χ1n) is 5.80. The number of thioether (sulfide) groups is 1. The van der Waals surface area contributed by atoms with Gasteiger partial charge in [0, 0.05) is 11.1 Å². The van der Waals surface area contributed by atoms with Crippen molar-refractivity contribution in [2.75, 3.05) is 5.75 Å². The molecule has 0 aliphatic carbocycles. The molecule has 1 aliphatic heterocycles. The Kier molecular flexibility index (Phi) is 3.91. The molecule has 1 fully saturated rings. The average Bonchev–Trinajstić information content (AvgIpc) is 2.99. The molecule has 3 heterocycles. The van der Waals surface area contributed by atoms with Gasteiger partial charge in [0.1, 0.15) is 5.37 Å². The zero-order chi connectivity index (χ0) is 13.2. The second-order valence-electron chi connectivity index (χ2n) is 4.15. The largest absolute Gasteiger partial charge is 0.319 e. The van der Waals surface area contributed by atoms with E-state index in [0.717, 1.165) is 9.48 Å². The highest BCUT2D eigenvalue weighted by atomic mass is 79.9. The van der Waals surface area contributed by atoms with Gasteiger partial charge in [0.2, 0.25) is 5.91 Å². The summed E-state index contributed by atoms with van der Waals surface area (Å²) < 4.78 is 1.10. The molecule has 2 aromatic rings. The Labute approximate surface area is 128 Å². The highest BCUT2D eigenvalue weighted by molar-refractivity contribution is 9.11. The summed E-state index contributed by atoms with van der Waals surface area (Å²) in [5.74, 6) is 0.734. The Bertz CT molecular complexity index is 587. The second kappa shape index (κ2) is 5.64. The number of aromatic nitrogens is 1. The predicted molar refractivity (Wildman–Crippen MR) is 82.0 cm³/mol. The third-order valence-electron chi connectivity index (χ3n) is 2.86. The number of hydrogen-bond acceptors (Lipinski definition) is 4. The van der Waals surface area contributed by atoms with Crippen LogP contribution in [0.15, 0.2) is 40.3 Å². The van der Waals surface area contributed by atoms with Crippen LogP contribution in [-0.2, 0) is 11.3 Å². The van der Waals surface area contributed by atoms with Crippen molar-refractivity contribution in [1.82, 2.24) is 9.88 Å². The van der Waals surface area contributed by atoms with E-state index >= 15 is 0 Å². The van der Waals surface area contributed by atoms with Crippen LogP contribution in [0, 0.1) is 0 Å². The maximum atomic E-state index is 12.0. The average molecular weight is 355 g/mol. The van der Waals surface area contributed by atoms with Crippen molar-refractivity contribution in [2.24, 2.45) is 0 Å². The second-order valence-corrected chi connectivity index (χ2v) is 7.71. The summed E-state index contributed by atoms with van der Waals surface area (Å²) >= 11 is 6.84. The van der Waals surface area contributed by atoms with E-state index in [2.05, 4.69) is 27.0 Å². The van der Waals surface area contributed by atoms with Crippen LogP contribution in [0.3, 0.4) is 0 Å². The molecule has 1 saturated heterocycles. The Hall–Kier alpha value is -0.850. The number of hydrogen-bond donors (Lipinski definition) is 0. The third kappa shape index (κ3) is 2.85. The van der Waals surface area contributed by atoms with Gasteiger partial charge >= 0.3 is 0 Å². The van der Waals surface area contributed by atoms with Crippen LogP contribution in [0.4, 0.5) is 0 Å². The van der Waals surface area contributed by atoms with E-state index in [1.54, 1.807) is 29.3 Å². The summed E-state index contributed by atoms with van der Waals surface area (Å²) in [4.78, 5) is 19.5. The van der Waals surface area contributed by atoms with Crippen molar-refractivity contribution in [3.8, 4) is 0 Å². The minimum absolute atomic E-state index is 0.116. The highest BCUT2D eigenvalue weighted by Gasteiger charge is 2.33. The van der Waals surface area contributed by atoms with Gasteiger partial charge in [0.25, 0.3) is 0 Å². The van der Waals surface area contributed by atoms with Gasteiger partial charge < -0.3 is 4.90 Å². The molecule has 3 nitrogen and oxygen atoms in total. The molecule has 0 radical (unpaired) electrons. The normalized spacial score (nSPS) is 19.1. The molecule has 1 atom stereocenters. The number of nitrogens with zero attached hydrogens (tertiary/aromatic N) is 2. The Balaban J connectivity index is 1.83. The van der Waals surface area contributed by atoms with Crippen LogP contribution in [0.1, 0.15) is 15.9 Å². The van der Waals surface area contributed by atoms with Crippen LogP contribution in [0.2, 0.25) is 0 Å². The lowest BCUT2D eigenvalue weighted by Gasteiger charge is -2.22. The molecule has 2 aromatic heterocycles. The molecule has 0 bridgehead atoms. The lowest BCUT2D eigenvalue weighted by Crippen LogP contribution is -2.27. The van der Waals surface area contributed by atoms with Crippen molar-refractivity contribution < 1.29 is 4.79 Å². The third-order valence-corrected chi connectivity index (χ3v) is 5.93. The Morgan fingerprint density at radius 1 is 1.37 bits per heavy atom. The maximum absolute atomic E-state index is 12.0. The molecule has 0 spiro atoms. The summed E-state index contributed by atoms with van der Waals surface area (Å²) in [7, 11) is 0. The molecule has 1 unspecified atom stereocenters. The van der Waals surface area contributed by atoms with Gasteiger partial charge in [-0.2, -0.15) is 0 Å². The molecule has 0 N–H and O–H groups in total. The van der Waals surface area contributed by atoms with Crippen LogP contribution < -0.4 is 0 Å². The first-order valence-corrected chi connectivity index (χ1v) is 8.46. The van der Waals surface area contributed by atoms with Crippen LogP contribution in [-0.4, -0.2) is 21.5 Å². The van der Waals surface area contributed by atoms with Crippen molar-refractivity contribution >= 4 is 44.9 Å². The van der Waals surface area contributed by atoms with Gasteiger partial charge in [-0.25, -0.2) is 0 Å². The number of amides is 1. The van der Waals surface area contributed by atoms with Crippen molar-refractivity contribution in [3.05, 3.63) is 50.9 Å². The molecule has 98 valence electrons. The number of carbonyl (C=O) groups is 1. The van der Waals surface area contributed by atoms with Crippen LogP contribution >= 0.6 is 39.0 Å². The molecule has 6 heteroatoms. The summed E-state index contributed by atoms with van der Waals surface area (Å²) in [6.07, 6.45) is 1.76. The molecule has 1 amide bonds. The summed E-state index contributed by atoms with van der Waals surface area (Å²) in [6.45, 7) is 0.576. The molecule has 1 aliphatic rings. The number of halogens is 1. The molecule has 0 aromatic carbocycles. The van der Waals surface area contributed by atoms with Crippen molar-refractivity contribution in [1.29, 1.82) is 0 Å². The molecule has 3 rings (SSSR count). The molecular weight excluding hydrogens is 344 g/mol. The van der Waals surface area contributed by atoms with Gasteiger partial charge in [-0.3, -0.25) is 9.78 Å². The van der Waals surface area contributed by atoms with E-state index in [-0.39, 0.29) is 11.3 Å². The quantitative estimate of drug-likeness (QED) is 0.842. The van der Waals surface area contributed by atoms with Crippen LogP contribution in [0.5, 0.6) is 0 Å². The number of rotatable bonds is 3. The smallest absolute Gasteiger partial charge is 0.234 e. The number of thiophene rings is 1. The van der Waals surface area contributed by atoms with Gasteiger partial charge in [-0.05, 0) is 40.2 Å². The van der Waals surface area contributed by atoms with Crippen molar-refractivity contribution in [3.63, 3.8) is 0 Å².